The number of carbonyl (C=O) groups excluding carboxylic acids is 2. The van der Waals surface area contributed by atoms with Crippen LogP contribution in [-0.4, -0.2) is 48.0 Å². The monoisotopic (exact) mass is 574 g/mol. The number of benzene rings is 3. The number of nitrogens with zero attached hydrogens (tertiary/aromatic N) is 3. The summed E-state index contributed by atoms with van der Waals surface area (Å²) >= 11 is 0. The number of methoxy groups -OCH3 is 1. The fraction of sp³-hybridized carbons (Fsp3) is 0.286. The first kappa shape index (κ1) is 27.0. The van der Waals surface area contributed by atoms with Gasteiger partial charge in [0.1, 0.15) is 5.75 Å². The lowest BCUT2D eigenvalue weighted by molar-refractivity contribution is 0.0734. The number of hydrogen-bond acceptors (Lipinski definition) is 5. The molecule has 3 aromatic carbocycles. The van der Waals surface area contributed by atoms with Crippen LogP contribution in [0.2, 0.25) is 0 Å². The van der Waals surface area contributed by atoms with Crippen LogP contribution in [0.1, 0.15) is 49.9 Å². The molecule has 4 aromatic rings. The number of piperidine rings is 1. The summed E-state index contributed by atoms with van der Waals surface area (Å²) in [6.07, 6.45) is 1.85. The highest BCUT2D eigenvalue weighted by Crippen LogP contribution is 2.39. The summed E-state index contributed by atoms with van der Waals surface area (Å²) in [4.78, 5) is 44.0. The second-order valence-electron chi connectivity index (χ2n) is 11.8. The molecule has 218 valence electrons. The predicted octanol–water partition coefficient (Wildman–Crippen LogP) is 4.93. The summed E-state index contributed by atoms with van der Waals surface area (Å²) < 4.78 is 7.17. The SMILES string of the molecule is COc1ccc(C(=O)Nc2cc(C(=O)N3CCc4ccccc4C3)ccc2N2C[C@H]3C[C@@H](C2)c2cccc(=O)n2C3)cc1. The maximum Gasteiger partial charge on any atom is 0.255 e. The number of fused-ring (bicyclic) bond motifs is 5. The van der Waals surface area contributed by atoms with Gasteiger partial charge in [-0.2, -0.15) is 0 Å². The van der Waals surface area contributed by atoms with E-state index < -0.39 is 0 Å². The van der Waals surface area contributed by atoms with Gasteiger partial charge in [-0.05, 0) is 78.4 Å². The van der Waals surface area contributed by atoms with E-state index in [1.54, 1.807) is 37.4 Å². The molecule has 1 fully saturated rings. The second kappa shape index (κ2) is 11.1. The number of ether oxygens (including phenoxy) is 1. The lowest BCUT2D eigenvalue weighted by Gasteiger charge is -2.44. The van der Waals surface area contributed by atoms with Crippen LogP contribution < -0.4 is 20.5 Å². The minimum Gasteiger partial charge on any atom is -0.497 e. The molecule has 0 saturated carbocycles. The van der Waals surface area contributed by atoms with Gasteiger partial charge in [-0.3, -0.25) is 14.4 Å². The molecule has 1 saturated heterocycles. The number of hydrogen-bond donors (Lipinski definition) is 1. The van der Waals surface area contributed by atoms with Gasteiger partial charge in [0.05, 0.1) is 18.5 Å². The van der Waals surface area contributed by atoms with E-state index in [1.807, 2.05) is 45.9 Å². The van der Waals surface area contributed by atoms with Crippen molar-refractivity contribution < 1.29 is 14.3 Å². The molecular weight excluding hydrogens is 540 g/mol. The molecule has 0 spiro atoms. The molecular formula is C35H34N4O4. The lowest BCUT2D eigenvalue weighted by atomic mass is 9.83. The van der Waals surface area contributed by atoms with Gasteiger partial charge in [-0.1, -0.05) is 30.3 Å². The Bertz CT molecular complexity index is 1760. The third-order valence-corrected chi connectivity index (χ3v) is 9.08. The van der Waals surface area contributed by atoms with E-state index in [0.29, 0.717) is 48.1 Å². The maximum absolute atomic E-state index is 13.8. The van der Waals surface area contributed by atoms with E-state index >= 15 is 0 Å². The molecule has 43 heavy (non-hydrogen) atoms. The fourth-order valence-corrected chi connectivity index (χ4v) is 6.93. The van der Waals surface area contributed by atoms with Crippen molar-refractivity contribution in [3.8, 4) is 5.75 Å². The molecule has 3 aliphatic heterocycles. The minimum atomic E-state index is -0.255. The van der Waals surface area contributed by atoms with Gasteiger partial charge in [-0.15, -0.1) is 0 Å². The lowest BCUT2D eigenvalue weighted by Crippen LogP contribution is -2.47. The zero-order valence-electron chi connectivity index (χ0n) is 24.2. The van der Waals surface area contributed by atoms with Gasteiger partial charge in [0, 0.05) is 61.5 Å². The summed E-state index contributed by atoms with van der Waals surface area (Å²) in [5, 5.41) is 3.12. The number of pyridine rings is 1. The van der Waals surface area contributed by atoms with E-state index in [1.165, 1.54) is 11.1 Å². The van der Waals surface area contributed by atoms with Crippen LogP contribution in [0.25, 0.3) is 0 Å². The van der Waals surface area contributed by atoms with Crippen LogP contribution in [0.5, 0.6) is 5.75 Å². The Morgan fingerprint density at radius 2 is 1.65 bits per heavy atom. The van der Waals surface area contributed by atoms with Crippen LogP contribution in [0, 0.1) is 5.92 Å². The summed E-state index contributed by atoms with van der Waals surface area (Å²) in [6, 6.07) is 26.4. The van der Waals surface area contributed by atoms with E-state index in [0.717, 1.165) is 37.3 Å². The van der Waals surface area contributed by atoms with E-state index in [9.17, 15) is 14.4 Å². The smallest absolute Gasteiger partial charge is 0.255 e. The van der Waals surface area contributed by atoms with Crippen molar-refractivity contribution in [1.82, 2.24) is 9.47 Å². The summed E-state index contributed by atoms with van der Waals surface area (Å²) in [5.74, 6) is 0.888. The molecule has 0 aliphatic carbocycles. The Balaban J connectivity index is 1.21. The Kier molecular flexibility index (Phi) is 6.97. The molecule has 0 unspecified atom stereocenters. The van der Waals surface area contributed by atoms with Crippen LogP contribution in [0.15, 0.2) is 89.7 Å². The van der Waals surface area contributed by atoms with Crippen LogP contribution in [0.3, 0.4) is 0 Å². The molecule has 2 atom stereocenters. The molecule has 1 N–H and O–H groups in total. The molecule has 2 bridgehead atoms. The Labute approximate surface area is 250 Å². The minimum absolute atomic E-state index is 0.0511. The maximum atomic E-state index is 13.8. The highest BCUT2D eigenvalue weighted by molar-refractivity contribution is 6.07. The topological polar surface area (TPSA) is 83.9 Å². The average Bonchev–Trinajstić information content (AvgIpc) is 3.04. The Morgan fingerprint density at radius 1 is 0.860 bits per heavy atom. The van der Waals surface area contributed by atoms with Crippen molar-refractivity contribution in [3.63, 3.8) is 0 Å². The molecule has 8 heteroatoms. The summed E-state index contributed by atoms with van der Waals surface area (Å²) in [5.41, 5.74) is 6.10. The van der Waals surface area contributed by atoms with Crippen molar-refractivity contribution in [2.24, 2.45) is 5.92 Å². The van der Waals surface area contributed by atoms with Gasteiger partial charge in [0.25, 0.3) is 17.4 Å². The third-order valence-electron chi connectivity index (χ3n) is 9.08. The standard InChI is InChI=1S/C35H34N4O4/c1-43-29-12-9-25(10-13-29)34(41)36-30-18-26(35(42)37-16-15-24-5-2-3-6-27(24)21-37)11-14-32(30)38-19-23-17-28(22-38)31-7-4-8-33(40)39(31)20-23/h2-14,18,23,28H,15-17,19-22H2,1H3,(H,36,41)/t23-,28+/m1/s1. The van der Waals surface area contributed by atoms with Crippen molar-refractivity contribution in [3.05, 3.63) is 123 Å². The highest BCUT2D eigenvalue weighted by Gasteiger charge is 2.35. The first-order valence-electron chi connectivity index (χ1n) is 14.9. The van der Waals surface area contributed by atoms with Gasteiger partial charge in [0.2, 0.25) is 0 Å². The van der Waals surface area contributed by atoms with E-state index in [-0.39, 0.29) is 23.3 Å². The zero-order valence-corrected chi connectivity index (χ0v) is 24.2. The highest BCUT2D eigenvalue weighted by atomic mass is 16.5. The van der Waals surface area contributed by atoms with E-state index in [2.05, 4.69) is 28.4 Å². The largest absolute Gasteiger partial charge is 0.497 e. The van der Waals surface area contributed by atoms with Crippen LogP contribution in [0.4, 0.5) is 11.4 Å². The number of carbonyl (C=O) groups is 2. The number of amides is 2. The zero-order chi connectivity index (χ0) is 29.5. The van der Waals surface area contributed by atoms with Crippen molar-refractivity contribution >= 4 is 23.2 Å². The normalized spacial score (nSPS) is 18.8. The summed E-state index contributed by atoms with van der Waals surface area (Å²) in [7, 11) is 1.59. The average molecular weight is 575 g/mol. The number of aromatic nitrogens is 1. The molecule has 1 aromatic heterocycles. The second-order valence-corrected chi connectivity index (χ2v) is 11.8. The van der Waals surface area contributed by atoms with E-state index in [4.69, 9.17) is 4.74 Å². The van der Waals surface area contributed by atoms with Gasteiger partial charge in [-0.25, -0.2) is 0 Å². The van der Waals surface area contributed by atoms with Crippen molar-refractivity contribution in [1.29, 1.82) is 0 Å². The van der Waals surface area contributed by atoms with Gasteiger partial charge in [0.15, 0.2) is 0 Å². The molecule has 8 nitrogen and oxygen atoms in total. The molecule has 4 heterocycles. The van der Waals surface area contributed by atoms with Crippen LogP contribution in [-0.2, 0) is 19.5 Å². The molecule has 0 radical (unpaired) electrons. The first-order valence-corrected chi connectivity index (χ1v) is 14.9. The fourth-order valence-electron chi connectivity index (χ4n) is 6.93. The third kappa shape index (κ3) is 5.18. The molecule has 3 aliphatic rings. The Hall–Kier alpha value is -4.85. The Morgan fingerprint density at radius 3 is 2.47 bits per heavy atom. The van der Waals surface area contributed by atoms with Gasteiger partial charge < -0.3 is 24.4 Å². The van der Waals surface area contributed by atoms with Crippen molar-refractivity contribution in [2.75, 3.05) is 37.0 Å². The molecule has 2 amide bonds. The predicted molar refractivity (Wildman–Crippen MR) is 166 cm³/mol. The quantitative estimate of drug-likeness (QED) is 0.366. The first-order chi connectivity index (χ1) is 21.0. The molecule has 7 rings (SSSR count). The van der Waals surface area contributed by atoms with Crippen molar-refractivity contribution in [2.45, 2.75) is 31.8 Å². The number of rotatable bonds is 5. The van der Waals surface area contributed by atoms with Gasteiger partial charge >= 0.3 is 0 Å². The number of anilines is 2. The van der Waals surface area contributed by atoms with Crippen LogP contribution >= 0.6 is 0 Å². The number of nitrogens with one attached hydrogen (secondary N) is 1. The summed E-state index contributed by atoms with van der Waals surface area (Å²) in [6.45, 7) is 3.39.